The topological polar surface area (TPSA) is 54.0 Å². The van der Waals surface area contributed by atoms with Gasteiger partial charge < -0.3 is 18.9 Å². The third-order valence-electron chi connectivity index (χ3n) is 1.54. The second-order valence-corrected chi connectivity index (χ2v) is 2.85. The molecule has 0 heterocycles. The molecule has 0 amide bonds. The van der Waals surface area contributed by atoms with Crippen LogP contribution in [0.2, 0.25) is 0 Å². The van der Waals surface area contributed by atoms with Crippen molar-refractivity contribution < 1.29 is 23.7 Å². The first kappa shape index (κ1) is 14.3. The molecule has 0 aromatic carbocycles. The highest BCUT2D eigenvalue weighted by Gasteiger charge is 2.11. The zero-order valence-corrected chi connectivity index (χ0v) is 9.82. The Balaban J connectivity index is 3.56. The average molecular weight is 220 g/mol. The van der Waals surface area contributed by atoms with Gasteiger partial charge in [-0.15, -0.1) is 0 Å². The third kappa shape index (κ3) is 8.35. The van der Waals surface area contributed by atoms with E-state index in [-0.39, 0.29) is 6.61 Å². The van der Waals surface area contributed by atoms with Crippen LogP contribution in [0.5, 0.6) is 0 Å². The summed E-state index contributed by atoms with van der Waals surface area (Å²) in [7, 11) is 0. The van der Waals surface area contributed by atoms with Crippen LogP contribution in [0.25, 0.3) is 0 Å². The van der Waals surface area contributed by atoms with E-state index in [1.54, 1.807) is 13.8 Å². The molecule has 0 saturated heterocycles. The maximum Gasteiger partial charge on any atom is 0.334 e. The summed E-state index contributed by atoms with van der Waals surface area (Å²) in [6, 6.07) is 0. The van der Waals surface area contributed by atoms with Crippen LogP contribution in [0.3, 0.4) is 0 Å². The zero-order chi connectivity index (χ0) is 11.7. The van der Waals surface area contributed by atoms with Gasteiger partial charge in [0.25, 0.3) is 0 Å². The number of hydrogen-bond acceptors (Lipinski definition) is 5. The van der Waals surface area contributed by atoms with Crippen molar-refractivity contribution in [2.75, 3.05) is 19.8 Å². The number of carbonyl (C=O) groups excluding carboxylic acids is 1. The van der Waals surface area contributed by atoms with Gasteiger partial charge in [0.05, 0.1) is 0 Å². The van der Waals surface area contributed by atoms with E-state index < -0.39 is 18.5 Å². The molecule has 5 heteroatoms. The van der Waals surface area contributed by atoms with E-state index in [9.17, 15) is 4.79 Å². The first-order valence-corrected chi connectivity index (χ1v) is 5.14. The van der Waals surface area contributed by atoms with Crippen LogP contribution in [0.4, 0.5) is 0 Å². The highest BCUT2D eigenvalue weighted by Crippen LogP contribution is 1.97. The average Bonchev–Trinajstić information content (AvgIpc) is 2.15. The van der Waals surface area contributed by atoms with Gasteiger partial charge >= 0.3 is 5.97 Å². The lowest BCUT2D eigenvalue weighted by molar-refractivity contribution is -0.190. The number of esters is 1. The SMILES string of the molecule is CCOC(C)OCC(=O)OC(C)OCC. The fourth-order valence-electron chi connectivity index (χ4n) is 0.956. The maximum atomic E-state index is 11.2. The Morgan fingerprint density at radius 3 is 2.07 bits per heavy atom. The third-order valence-corrected chi connectivity index (χ3v) is 1.54. The van der Waals surface area contributed by atoms with Gasteiger partial charge in [-0.2, -0.15) is 0 Å². The lowest BCUT2D eigenvalue weighted by Crippen LogP contribution is -2.24. The molecule has 2 atom stereocenters. The normalized spacial score (nSPS) is 14.7. The summed E-state index contributed by atoms with van der Waals surface area (Å²) >= 11 is 0. The molecule has 0 saturated carbocycles. The van der Waals surface area contributed by atoms with Crippen LogP contribution in [-0.2, 0) is 23.7 Å². The Morgan fingerprint density at radius 2 is 1.53 bits per heavy atom. The van der Waals surface area contributed by atoms with E-state index in [2.05, 4.69) is 0 Å². The molecule has 0 N–H and O–H groups in total. The molecule has 0 aliphatic heterocycles. The minimum absolute atomic E-state index is 0.126. The van der Waals surface area contributed by atoms with Crippen molar-refractivity contribution in [3.05, 3.63) is 0 Å². The van der Waals surface area contributed by atoms with E-state index in [4.69, 9.17) is 18.9 Å². The van der Waals surface area contributed by atoms with Gasteiger partial charge in [-0.05, 0) is 27.7 Å². The lowest BCUT2D eigenvalue weighted by atomic mass is 10.6. The molecule has 15 heavy (non-hydrogen) atoms. The molecule has 0 bridgehead atoms. The highest BCUT2D eigenvalue weighted by molar-refractivity contribution is 5.70. The van der Waals surface area contributed by atoms with Crippen molar-refractivity contribution in [3.8, 4) is 0 Å². The van der Waals surface area contributed by atoms with Crippen molar-refractivity contribution >= 4 is 5.97 Å². The second-order valence-electron chi connectivity index (χ2n) is 2.85. The Morgan fingerprint density at radius 1 is 1.00 bits per heavy atom. The van der Waals surface area contributed by atoms with Crippen LogP contribution >= 0.6 is 0 Å². The van der Waals surface area contributed by atoms with Crippen molar-refractivity contribution in [1.29, 1.82) is 0 Å². The molecule has 0 aromatic heterocycles. The van der Waals surface area contributed by atoms with Gasteiger partial charge in [-0.1, -0.05) is 0 Å². The Bertz CT molecular complexity index is 171. The number of ether oxygens (including phenoxy) is 4. The Hall–Kier alpha value is -0.650. The van der Waals surface area contributed by atoms with Crippen molar-refractivity contribution in [2.45, 2.75) is 40.3 Å². The van der Waals surface area contributed by atoms with Gasteiger partial charge in [-0.25, -0.2) is 4.79 Å². The van der Waals surface area contributed by atoms with Gasteiger partial charge in [0, 0.05) is 13.2 Å². The molecule has 5 nitrogen and oxygen atoms in total. The quantitative estimate of drug-likeness (QED) is 0.456. The largest absolute Gasteiger partial charge is 0.434 e. The van der Waals surface area contributed by atoms with Gasteiger partial charge in [0.2, 0.25) is 0 Å². The lowest BCUT2D eigenvalue weighted by Gasteiger charge is -2.15. The molecular formula is C10H20O5. The summed E-state index contributed by atoms with van der Waals surface area (Å²) in [6.45, 7) is 8.00. The van der Waals surface area contributed by atoms with Crippen LogP contribution in [0.1, 0.15) is 27.7 Å². The van der Waals surface area contributed by atoms with Gasteiger partial charge in [-0.3, -0.25) is 0 Å². The van der Waals surface area contributed by atoms with Crippen molar-refractivity contribution in [1.82, 2.24) is 0 Å². The Kier molecular flexibility index (Phi) is 8.27. The van der Waals surface area contributed by atoms with Crippen LogP contribution in [-0.4, -0.2) is 38.4 Å². The molecule has 0 radical (unpaired) electrons. The first-order valence-electron chi connectivity index (χ1n) is 5.14. The number of carbonyl (C=O) groups is 1. The minimum Gasteiger partial charge on any atom is -0.434 e. The number of rotatable bonds is 8. The molecule has 0 fully saturated rings. The Labute approximate surface area is 90.6 Å². The maximum absolute atomic E-state index is 11.2. The standard InChI is InChI=1S/C10H20O5/c1-5-12-8(3)14-7-10(11)15-9(4)13-6-2/h8-9H,5-7H2,1-4H3. The molecule has 0 rings (SSSR count). The van der Waals surface area contributed by atoms with Gasteiger partial charge in [0.1, 0.15) is 6.61 Å². The smallest absolute Gasteiger partial charge is 0.334 e. The van der Waals surface area contributed by atoms with E-state index in [0.29, 0.717) is 13.2 Å². The predicted molar refractivity (Wildman–Crippen MR) is 54.2 cm³/mol. The summed E-state index contributed by atoms with van der Waals surface area (Å²) in [6.07, 6.45) is -0.932. The molecule has 0 aromatic rings. The summed E-state index contributed by atoms with van der Waals surface area (Å²) in [5, 5.41) is 0. The molecule has 90 valence electrons. The van der Waals surface area contributed by atoms with Crippen molar-refractivity contribution in [2.24, 2.45) is 0 Å². The molecule has 0 aliphatic rings. The predicted octanol–water partition coefficient (Wildman–Crippen LogP) is 1.31. The fourth-order valence-corrected chi connectivity index (χ4v) is 0.956. The number of hydrogen-bond donors (Lipinski definition) is 0. The second kappa shape index (κ2) is 8.64. The van der Waals surface area contributed by atoms with Crippen molar-refractivity contribution in [3.63, 3.8) is 0 Å². The zero-order valence-electron chi connectivity index (χ0n) is 9.82. The van der Waals surface area contributed by atoms with E-state index in [1.165, 1.54) is 0 Å². The molecule has 2 unspecified atom stereocenters. The highest BCUT2D eigenvalue weighted by atomic mass is 16.7. The summed E-state index contributed by atoms with van der Waals surface area (Å²) in [4.78, 5) is 11.2. The summed E-state index contributed by atoms with van der Waals surface area (Å²) in [5.74, 6) is -0.456. The summed E-state index contributed by atoms with van der Waals surface area (Å²) in [5.41, 5.74) is 0. The van der Waals surface area contributed by atoms with E-state index >= 15 is 0 Å². The molecule has 0 spiro atoms. The van der Waals surface area contributed by atoms with E-state index in [0.717, 1.165) is 0 Å². The first-order chi connectivity index (χ1) is 7.10. The summed E-state index contributed by atoms with van der Waals surface area (Å²) < 4.78 is 20.1. The monoisotopic (exact) mass is 220 g/mol. The fraction of sp³-hybridized carbons (Fsp3) is 0.900. The minimum atomic E-state index is -0.534. The molecular weight excluding hydrogens is 200 g/mol. The van der Waals surface area contributed by atoms with Crippen LogP contribution in [0.15, 0.2) is 0 Å². The van der Waals surface area contributed by atoms with Crippen LogP contribution < -0.4 is 0 Å². The molecule has 0 aliphatic carbocycles. The van der Waals surface area contributed by atoms with Gasteiger partial charge in [0.15, 0.2) is 12.6 Å². The van der Waals surface area contributed by atoms with Crippen LogP contribution in [0, 0.1) is 0 Å². The van der Waals surface area contributed by atoms with E-state index in [1.807, 2.05) is 13.8 Å².